The van der Waals surface area contributed by atoms with E-state index in [1.807, 2.05) is 11.5 Å². The van der Waals surface area contributed by atoms with E-state index in [9.17, 15) is 13.2 Å². The normalized spacial score (nSPS) is 12.3. The first-order valence-electron chi connectivity index (χ1n) is 9.96. The Kier molecular flexibility index (Phi) is 7.70. The summed E-state index contributed by atoms with van der Waals surface area (Å²) in [7, 11) is -0.252. The molecule has 0 fully saturated rings. The van der Waals surface area contributed by atoms with E-state index in [-0.39, 0.29) is 17.2 Å². The average molecular weight is 479 g/mol. The molecule has 0 aliphatic carbocycles. The Labute approximate surface area is 191 Å². The Balaban J connectivity index is 1.99. The van der Waals surface area contributed by atoms with Gasteiger partial charge in [-0.3, -0.25) is 4.79 Å². The standard InChI is InChI=1S/C22H26N2O6S2/c1-5-30-11-10-24-17-8-7-16(32(4,26)27)14-20(17)31-22(24)23-21(25)13-15-6-9-18(28-2)19(12-15)29-3/h6-9,12,14H,5,10-11,13H2,1-4H3. The number of thiazole rings is 1. The van der Waals surface area contributed by atoms with E-state index < -0.39 is 9.84 Å². The number of carbonyl (C=O) groups is 1. The third-order valence-corrected chi connectivity index (χ3v) is 6.92. The summed E-state index contributed by atoms with van der Waals surface area (Å²) in [4.78, 5) is 17.8. The number of amides is 1. The summed E-state index contributed by atoms with van der Waals surface area (Å²) in [6, 6.07) is 10.2. The summed E-state index contributed by atoms with van der Waals surface area (Å²) >= 11 is 1.28. The highest BCUT2D eigenvalue weighted by atomic mass is 32.2. The predicted molar refractivity (Wildman–Crippen MR) is 123 cm³/mol. The highest BCUT2D eigenvalue weighted by molar-refractivity contribution is 7.90. The van der Waals surface area contributed by atoms with Gasteiger partial charge in [0.2, 0.25) is 0 Å². The molecule has 0 saturated heterocycles. The first kappa shape index (κ1) is 24.0. The van der Waals surface area contributed by atoms with Crippen LogP contribution >= 0.6 is 11.3 Å². The largest absolute Gasteiger partial charge is 0.493 e. The number of carbonyl (C=O) groups excluding carboxylic acids is 1. The van der Waals surface area contributed by atoms with Crippen molar-refractivity contribution in [1.82, 2.24) is 4.57 Å². The van der Waals surface area contributed by atoms with Crippen LogP contribution in [0.3, 0.4) is 0 Å². The number of fused-ring (bicyclic) bond motifs is 1. The SMILES string of the molecule is CCOCCn1c(=NC(=O)Cc2ccc(OC)c(OC)c2)sc2cc(S(C)(=O)=O)ccc21. The van der Waals surface area contributed by atoms with Gasteiger partial charge in [-0.05, 0) is 42.8 Å². The minimum Gasteiger partial charge on any atom is -0.493 e. The van der Waals surface area contributed by atoms with Gasteiger partial charge in [0.1, 0.15) is 0 Å². The van der Waals surface area contributed by atoms with Crippen LogP contribution in [0.5, 0.6) is 11.5 Å². The van der Waals surface area contributed by atoms with Crippen LogP contribution in [0.4, 0.5) is 0 Å². The van der Waals surface area contributed by atoms with Crippen molar-refractivity contribution in [2.75, 3.05) is 33.7 Å². The molecule has 0 atom stereocenters. The Morgan fingerprint density at radius 1 is 1.09 bits per heavy atom. The fourth-order valence-corrected chi connectivity index (χ4v) is 5.03. The van der Waals surface area contributed by atoms with Gasteiger partial charge in [-0.2, -0.15) is 4.99 Å². The first-order valence-corrected chi connectivity index (χ1v) is 12.7. The Hall–Kier alpha value is -2.69. The van der Waals surface area contributed by atoms with Crippen LogP contribution in [-0.2, 0) is 32.3 Å². The maximum atomic E-state index is 12.7. The molecule has 0 radical (unpaired) electrons. The van der Waals surface area contributed by atoms with Gasteiger partial charge in [-0.15, -0.1) is 0 Å². The number of hydrogen-bond acceptors (Lipinski definition) is 7. The van der Waals surface area contributed by atoms with Gasteiger partial charge >= 0.3 is 0 Å². The smallest absolute Gasteiger partial charge is 0.252 e. The number of nitrogens with zero attached hydrogens (tertiary/aromatic N) is 2. The molecule has 3 aromatic rings. The fraction of sp³-hybridized carbons (Fsp3) is 0.364. The van der Waals surface area contributed by atoms with Gasteiger partial charge in [0.05, 0.1) is 42.4 Å². The number of rotatable bonds is 9. The van der Waals surface area contributed by atoms with E-state index in [1.54, 1.807) is 43.5 Å². The lowest BCUT2D eigenvalue weighted by Crippen LogP contribution is -2.20. The van der Waals surface area contributed by atoms with Crippen LogP contribution in [0.15, 0.2) is 46.3 Å². The minimum absolute atomic E-state index is 0.0919. The van der Waals surface area contributed by atoms with Gasteiger partial charge < -0.3 is 18.8 Å². The quantitative estimate of drug-likeness (QED) is 0.439. The molecule has 2 aromatic carbocycles. The molecule has 0 bridgehead atoms. The zero-order chi connectivity index (χ0) is 23.3. The van der Waals surface area contributed by atoms with Crippen LogP contribution in [0, 0.1) is 0 Å². The van der Waals surface area contributed by atoms with Gasteiger partial charge in [0, 0.05) is 19.4 Å². The molecule has 32 heavy (non-hydrogen) atoms. The van der Waals surface area contributed by atoms with E-state index in [2.05, 4.69) is 4.99 Å². The van der Waals surface area contributed by atoms with Crippen molar-refractivity contribution in [3.63, 3.8) is 0 Å². The second-order valence-corrected chi connectivity index (χ2v) is 10.0. The van der Waals surface area contributed by atoms with E-state index >= 15 is 0 Å². The van der Waals surface area contributed by atoms with Crippen molar-refractivity contribution in [2.24, 2.45) is 4.99 Å². The van der Waals surface area contributed by atoms with Crippen LogP contribution < -0.4 is 14.3 Å². The molecule has 1 heterocycles. The molecule has 0 aliphatic heterocycles. The van der Waals surface area contributed by atoms with E-state index in [1.165, 1.54) is 24.7 Å². The summed E-state index contributed by atoms with van der Waals surface area (Å²) < 4.78 is 42.5. The van der Waals surface area contributed by atoms with Crippen LogP contribution in [0.2, 0.25) is 0 Å². The molecule has 1 amide bonds. The third kappa shape index (κ3) is 5.56. The molecule has 0 unspecified atom stereocenters. The summed E-state index contributed by atoms with van der Waals surface area (Å²) in [6.45, 7) is 3.43. The van der Waals surface area contributed by atoms with E-state index in [4.69, 9.17) is 14.2 Å². The number of aromatic nitrogens is 1. The van der Waals surface area contributed by atoms with Gasteiger partial charge in [0.25, 0.3) is 5.91 Å². The molecule has 0 N–H and O–H groups in total. The number of methoxy groups -OCH3 is 2. The van der Waals surface area contributed by atoms with E-state index in [0.717, 1.165) is 15.8 Å². The van der Waals surface area contributed by atoms with Crippen molar-refractivity contribution >= 4 is 37.3 Å². The lowest BCUT2D eigenvalue weighted by molar-refractivity contribution is -0.117. The third-order valence-electron chi connectivity index (χ3n) is 4.77. The summed E-state index contributed by atoms with van der Waals surface area (Å²) in [5, 5.41) is 0. The zero-order valence-electron chi connectivity index (χ0n) is 18.5. The van der Waals surface area contributed by atoms with E-state index in [0.29, 0.717) is 36.1 Å². The predicted octanol–water partition coefficient (Wildman–Crippen LogP) is 2.83. The summed E-state index contributed by atoms with van der Waals surface area (Å²) in [5.74, 6) is 0.803. The number of sulfone groups is 1. The highest BCUT2D eigenvalue weighted by Gasteiger charge is 2.14. The minimum atomic E-state index is -3.34. The van der Waals surface area contributed by atoms with Crippen molar-refractivity contribution in [3.8, 4) is 11.5 Å². The summed E-state index contributed by atoms with van der Waals surface area (Å²) in [5.41, 5.74) is 1.55. The Bertz CT molecular complexity index is 1290. The number of benzene rings is 2. The maximum absolute atomic E-state index is 12.7. The molecular formula is C22H26N2O6S2. The van der Waals surface area contributed by atoms with Crippen LogP contribution in [0.25, 0.3) is 10.2 Å². The molecule has 172 valence electrons. The topological polar surface area (TPSA) is 96.2 Å². The molecule has 3 rings (SSSR count). The van der Waals surface area contributed by atoms with Gasteiger partial charge in [-0.1, -0.05) is 17.4 Å². The molecule has 1 aromatic heterocycles. The second kappa shape index (κ2) is 10.3. The van der Waals surface area contributed by atoms with Gasteiger partial charge in [-0.25, -0.2) is 8.42 Å². The zero-order valence-corrected chi connectivity index (χ0v) is 20.1. The monoisotopic (exact) mass is 478 g/mol. The molecule has 0 aliphatic rings. The Morgan fingerprint density at radius 2 is 1.84 bits per heavy atom. The fourth-order valence-electron chi connectivity index (χ4n) is 3.20. The lowest BCUT2D eigenvalue weighted by Gasteiger charge is -2.08. The summed E-state index contributed by atoms with van der Waals surface area (Å²) in [6.07, 6.45) is 1.26. The van der Waals surface area contributed by atoms with Crippen molar-refractivity contribution in [3.05, 3.63) is 46.8 Å². The number of ether oxygens (including phenoxy) is 3. The number of hydrogen-bond donors (Lipinski definition) is 0. The van der Waals surface area contributed by atoms with Crippen molar-refractivity contribution in [2.45, 2.75) is 24.8 Å². The molecular weight excluding hydrogens is 452 g/mol. The molecule has 8 nitrogen and oxygen atoms in total. The highest BCUT2D eigenvalue weighted by Crippen LogP contribution is 2.28. The van der Waals surface area contributed by atoms with Crippen molar-refractivity contribution < 1.29 is 27.4 Å². The molecule has 0 saturated carbocycles. The second-order valence-electron chi connectivity index (χ2n) is 7.01. The maximum Gasteiger partial charge on any atom is 0.252 e. The average Bonchev–Trinajstić information content (AvgIpc) is 3.09. The molecule has 10 heteroatoms. The van der Waals surface area contributed by atoms with Gasteiger partial charge in [0.15, 0.2) is 26.1 Å². The lowest BCUT2D eigenvalue weighted by atomic mass is 10.1. The van der Waals surface area contributed by atoms with Crippen LogP contribution in [-0.4, -0.2) is 52.6 Å². The first-order chi connectivity index (χ1) is 15.3. The van der Waals surface area contributed by atoms with Crippen molar-refractivity contribution in [1.29, 1.82) is 0 Å². The Morgan fingerprint density at radius 3 is 2.50 bits per heavy atom. The molecule has 0 spiro atoms. The van der Waals surface area contributed by atoms with Crippen LogP contribution in [0.1, 0.15) is 12.5 Å².